The van der Waals surface area contributed by atoms with Crippen molar-refractivity contribution in [1.29, 1.82) is 0 Å². The first-order valence-corrected chi connectivity index (χ1v) is 11.4. The van der Waals surface area contributed by atoms with E-state index >= 15 is 0 Å². The fourth-order valence-electron chi connectivity index (χ4n) is 2.95. The minimum Gasteiger partial charge on any atom is -0.292 e. The summed E-state index contributed by atoms with van der Waals surface area (Å²) in [6.45, 7) is 3.79. The van der Waals surface area contributed by atoms with Crippen LogP contribution in [0.5, 0.6) is 0 Å². The molecule has 0 unspecified atom stereocenters. The molecule has 1 aliphatic rings. The summed E-state index contributed by atoms with van der Waals surface area (Å²) < 4.78 is 27.9. The Balaban J connectivity index is 1.47. The molecule has 0 aromatic heterocycles. The standard InChI is InChI=1S/C20H23BrN4O3S/c1-16-2-8-19(9-3-16)29(27,28)25-12-10-24(11-13-25)15-20(26)23-22-14-17-4-6-18(21)7-5-17/h2-9,14H,10-13,15H2,1H3,(H,23,26)/b22-14+. The van der Waals surface area contributed by atoms with Crippen molar-refractivity contribution in [3.05, 3.63) is 64.1 Å². The molecule has 1 saturated heterocycles. The van der Waals surface area contributed by atoms with Gasteiger partial charge in [0.05, 0.1) is 17.7 Å². The van der Waals surface area contributed by atoms with Gasteiger partial charge in [-0.2, -0.15) is 9.41 Å². The predicted octanol–water partition coefficient (Wildman–Crippen LogP) is 2.21. The molecule has 1 aliphatic heterocycles. The van der Waals surface area contributed by atoms with Crippen molar-refractivity contribution in [3.8, 4) is 0 Å². The Hall–Kier alpha value is -2.07. The molecule has 154 valence electrons. The number of carbonyl (C=O) groups excluding carboxylic acids is 1. The Bertz CT molecular complexity index is 968. The predicted molar refractivity (Wildman–Crippen MR) is 116 cm³/mol. The lowest BCUT2D eigenvalue weighted by Crippen LogP contribution is -2.50. The fraction of sp³-hybridized carbons (Fsp3) is 0.300. The van der Waals surface area contributed by atoms with E-state index in [1.54, 1.807) is 30.5 Å². The minimum absolute atomic E-state index is 0.177. The second-order valence-corrected chi connectivity index (χ2v) is 9.69. The Morgan fingerprint density at radius 2 is 1.69 bits per heavy atom. The zero-order valence-corrected chi connectivity index (χ0v) is 18.5. The van der Waals surface area contributed by atoms with Crippen molar-refractivity contribution in [3.63, 3.8) is 0 Å². The lowest BCUT2D eigenvalue weighted by Gasteiger charge is -2.33. The molecule has 1 amide bonds. The number of hydrogen-bond acceptors (Lipinski definition) is 5. The Morgan fingerprint density at radius 1 is 1.07 bits per heavy atom. The molecule has 1 heterocycles. The molecular formula is C20H23BrN4O3S. The number of sulfonamides is 1. The molecule has 0 saturated carbocycles. The molecule has 2 aromatic rings. The van der Waals surface area contributed by atoms with Gasteiger partial charge in [-0.3, -0.25) is 9.69 Å². The van der Waals surface area contributed by atoms with Crippen molar-refractivity contribution in [2.24, 2.45) is 5.10 Å². The number of amides is 1. The molecule has 7 nitrogen and oxygen atoms in total. The topological polar surface area (TPSA) is 82.1 Å². The Labute approximate surface area is 179 Å². The quantitative estimate of drug-likeness (QED) is 0.509. The maximum absolute atomic E-state index is 12.7. The van der Waals surface area contributed by atoms with E-state index in [9.17, 15) is 13.2 Å². The van der Waals surface area contributed by atoms with E-state index in [0.29, 0.717) is 31.1 Å². The highest BCUT2D eigenvalue weighted by Gasteiger charge is 2.28. The highest BCUT2D eigenvalue weighted by Crippen LogP contribution is 2.18. The molecule has 1 fully saturated rings. The van der Waals surface area contributed by atoms with Gasteiger partial charge in [-0.25, -0.2) is 13.8 Å². The van der Waals surface area contributed by atoms with Crippen LogP contribution in [0.3, 0.4) is 0 Å². The first-order chi connectivity index (χ1) is 13.8. The van der Waals surface area contributed by atoms with Crippen molar-refractivity contribution in [2.45, 2.75) is 11.8 Å². The third-order valence-electron chi connectivity index (χ3n) is 4.63. The van der Waals surface area contributed by atoms with Gasteiger partial charge < -0.3 is 0 Å². The average molecular weight is 479 g/mol. The monoisotopic (exact) mass is 478 g/mol. The van der Waals surface area contributed by atoms with Gasteiger partial charge in [0.2, 0.25) is 10.0 Å². The number of nitrogens with zero attached hydrogens (tertiary/aromatic N) is 3. The van der Waals surface area contributed by atoms with Crippen molar-refractivity contribution in [1.82, 2.24) is 14.6 Å². The number of benzene rings is 2. The largest absolute Gasteiger partial charge is 0.292 e. The molecule has 0 spiro atoms. The maximum atomic E-state index is 12.7. The van der Waals surface area contributed by atoms with E-state index in [2.05, 4.69) is 26.5 Å². The number of halogens is 1. The van der Waals surface area contributed by atoms with Crippen molar-refractivity contribution >= 4 is 38.1 Å². The van der Waals surface area contributed by atoms with E-state index in [1.807, 2.05) is 36.1 Å². The molecule has 2 aromatic carbocycles. The van der Waals surface area contributed by atoms with Gasteiger partial charge in [0, 0.05) is 30.7 Å². The van der Waals surface area contributed by atoms with Crippen LogP contribution in [0.2, 0.25) is 0 Å². The van der Waals surface area contributed by atoms with Crippen molar-refractivity contribution < 1.29 is 13.2 Å². The summed E-state index contributed by atoms with van der Waals surface area (Å²) >= 11 is 3.36. The van der Waals surface area contributed by atoms with Gasteiger partial charge in [0.25, 0.3) is 5.91 Å². The maximum Gasteiger partial charge on any atom is 0.254 e. The van der Waals surface area contributed by atoms with E-state index in [1.165, 1.54) is 4.31 Å². The number of hydrogen-bond donors (Lipinski definition) is 1. The van der Waals surface area contributed by atoms with Crippen LogP contribution in [0.15, 0.2) is 63.0 Å². The molecule has 1 N–H and O–H groups in total. The number of aryl methyl sites for hydroxylation is 1. The summed E-state index contributed by atoms with van der Waals surface area (Å²) in [5.74, 6) is -0.229. The third kappa shape index (κ3) is 5.96. The zero-order chi connectivity index (χ0) is 20.9. The lowest BCUT2D eigenvalue weighted by molar-refractivity contribution is -0.122. The van der Waals surface area contributed by atoms with E-state index < -0.39 is 10.0 Å². The molecular weight excluding hydrogens is 456 g/mol. The summed E-state index contributed by atoms with van der Waals surface area (Å²) in [7, 11) is -3.50. The fourth-order valence-corrected chi connectivity index (χ4v) is 4.64. The molecule has 29 heavy (non-hydrogen) atoms. The molecule has 0 aliphatic carbocycles. The van der Waals surface area contributed by atoms with Crippen LogP contribution in [0.25, 0.3) is 0 Å². The Kier molecular flexibility index (Phi) is 7.18. The summed E-state index contributed by atoms with van der Waals surface area (Å²) in [5, 5.41) is 3.96. The van der Waals surface area contributed by atoms with Gasteiger partial charge in [-0.15, -0.1) is 0 Å². The normalized spacial score (nSPS) is 16.2. The highest BCUT2D eigenvalue weighted by atomic mass is 79.9. The molecule has 0 bridgehead atoms. The smallest absolute Gasteiger partial charge is 0.254 e. The van der Waals surface area contributed by atoms with E-state index in [0.717, 1.165) is 15.6 Å². The summed E-state index contributed by atoms with van der Waals surface area (Å²) in [5.41, 5.74) is 4.41. The highest BCUT2D eigenvalue weighted by molar-refractivity contribution is 9.10. The lowest BCUT2D eigenvalue weighted by atomic mass is 10.2. The van der Waals surface area contributed by atoms with Gasteiger partial charge in [0.15, 0.2) is 0 Å². The number of rotatable bonds is 6. The minimum atomic E-state index is -3.50. The van der Waals surface area contributed by atoms with Gasteiger partial charge in [-0.1, -0.05) is 45.8 Å². The van der Waals surface area contributed by atoms with Crippen molar-refractivity contribution in [2.75, 3.05) is 32.7 Å². The summed E-state index contributed by atoms with van der Waals surface area (Å²) in [6, 6.07) is 14.4. The average Bonchev–Trinajstić information content (AvgIpc) is 2.70. The van der Waals surface area contributed by atoms with Crippen LogP contribution >= 0.6 is 15.9 Å². The molecule has 3 rings (SSSR count). The summed E-state index contributed by atoms with van der Waals surface area (Å²) in [6.07, 6.45) is 1.58. The van der Waals surface area contributed by atoms with Crippen LogP contribution in [-0.2, 0) is 14.8 Å². The summed E-state index contributed by atoms with van der Waals surface area (Å²) in [4.78, 5) is 14.3. The Morgan fingerprint density at radius 3 is 2.31 bits per heavy atom. The molecule has 0 atom stereocenters. The second kappa shape index (κ2) is 9.62. The molecule has 9 heteroatoms. The van der Waals surface area contributed by atoms with Crippen LogP contribution in [0, 0.1) is 6.92 Å². The second-order valence-electron chi connectivity index (χ2n) is 6.84. The van der Waals surface area contributed by atoms with Gasteiger partial charge in [0.1, 0.15) is 0 Å². The SMILES string of the molecule is Cc1ccc(S(=O)(=O)N2CCN(CC(=O)N/N=C/c3ccc(Br)cc3)CC2)cc1. The van der Waals surface area contributed by atoms with Crippen LogP contribution in [0.4, 0.5) is 0 Å². The van der Waals surface area contributed by atoms with Crippen LogP contribution < -0.4 is 5.43 Å². The van der Waals surface area contributed by atoms with Gasteiger partial charge in [-0.05, 0) is 36.8 Å². The van der Waals surface area contributed by atoms with E-state index in [-0.39, 0.29) is 12.5 Å². The molecule has 0 radical (unpaired) electrons. The number of piperazine rings is 1. The third-order valence-corrected chi connectivity index (χ3v) is 7.07. The van der Waals surface area contributed by atoms with E-state index in [4.69, 9.17) is 0 Å². The zero-order valence-electron chi connectivity index (χ0n) is 16.1. The van der Waals surface area contributed by atoms with Gasteiger partial charge >= 0.3 is 0 Å². The first-order valence-electron chi connectivity index (χ1n) is 9.21. The number of nitrogens with one attached hydrogen (secondary N) is 1. The number of hydrazone groups is 1. The van der Waals surface area contributed by atoms with Crippen LogP contribution in [-0.4, -0.2) is 62.5 Å². The first kappa shape index (κ1) is 21.6. The number of carbonyl (C=O) groups is 1. The van der Waals surface area contributed by atoms with Crippen LogP contribution in [0.1, 0.15) is 11.1 Å².